The number of hydrogen-bond donors (Lipinski definition) is 0. The second-order valence-corrected chi connectivity index (χ2v) is 3.37. The van der Waals surface area contributed by atoms with Crippen molar-refractivity contribution >= 4 is 11.0 Å². The second kappa shape index (κ2) is 2.37. The van der Waals surface area contributed by atoms with Gasteiger partial charge >= 0.3 is 0 Å². The average molecular weight is 160 g/mol. The van der Waals surface area contributed by atoms with Crippen molar-refractivity contribution in [3.63, 3.8) is 0 Å². The Labute approximate surface area is 72.0 Å². The normalized spacial score (nSPS) is 10.9. The van der Waals surface area contributed by atoms with Gasteiger partial charge in [0.2, 0.25) is 0 Å². The van der Waals surface area contributed by atoms with Crippen LogP contribution in [0, 0.1) is 20.8 Å². The topological polar surface area (TPSA) is 13.1 Å². The number of aryl methyl sites for hydroxylation is 3. The SMILES string of the molecule is Cc1cc(C)c2c(C)coc2c1. The van der Waals surface area contributed by atoms with Crippen LogP contribution < -0.4 is 0 Å². The highest BCUT2D eigenvalue weighted by molar-refractivity contribution is 5.84. The van der Waals surface area contributed by atoms with E-state index in [0.29, 0.717) is 0 Å². The molecule has 1 nitrogen and oxygen atoms in total. The summed E-state index contributed by atoms with van der Waals surface area (Å²) in [6.07, 6.45) is 1.82. The summed E-state index contributed by atoms with van der Waals surface area (Å²) in [7, 11) is 0. The van der Waals surface area contributed by atoms with E-state index in [4.69, 9.17) is 4.42 Å². The first-order valence-corrected chi connectivity index (χ1v) is 4.13. The fourth-order valence-electron chi connectivity index (χ4n) is 1.74. The molecule has 0 saturated carbocycles. The molecule has 1 heterocycles. The quantitative estimate of drug-likeness (QED) is 0.576. The molecular formula is C11H12O. The van der Waals surface area contributed by atoms with Gasteiger partial charge in [-0.25, -0.2) is 0 Å². The largest absolute Gasteiger partial charge is 0.464 e. The Morgan fingerprint density at radius 2 is 1.75 bits per heavy atom. The van der Waals surface area contributed by atoms with Crippen LogP contribution in [0.3, 0.4) is 0 Å². The van der Waals surface area contributed by atoms with Crippen molar-refractivity contribution in [1.29, 1.82) is 0 Å². The second-order valence-electron chi connectivity index (χ2n) is 3.37. The van der Waals surface area contributed by atoms with Gasteiger partial charge in [0.15, 0.2) is 0 Å². The Morgan fingerprint density at radius 1 is 1.00 bits per heavy atom. The summed E-state index contributed by atoms with van der Waals surface area (Å²) in [6.45, 7) is 6.29. The van der Waals surface area contributed by atoms with Gasteiger partial charge in [0, 0.05) is 5.39 Å². The van der Waals surface area contributed by atoms with Crippen LogP contribution in [-0.2, 0) is 0 Å². The van der Waals surface area contributed by atoms with E-state index >= 15 is 0 Å². The van der Waals surface area contributed by atoms with Crippen LogP contribution in [0.5, 0.6) is 0 Å². The van der Waals surface area contributed by atoms with E-state index in [1.807, 2.05) is 6.26 Å². The highest BCUT2D eigenvalue weighted by Crippen LogP contribution is 2.25. The summed E-state index contributed by atoms with van der Waals surface area (Å²) < 4.78 is 5.41. The third kappa shape index (κ3) is 0.934. The summed E-state index contributed by atoms with van der Waals surface area (Å²) in [5.74, 6) is 0. The van der Waals surface area contributed by atoms with E-state index < -0.39 is 0 Å². The molecule has 62 valence electrons. The predicted molar refractivity (Wildman–Crippen MR) is 50.4 cm³/mol. The Hall–Kier alpha value is -1.24. The smallest absolute Gasteiger partial charge is 0.134 e. The van der Waals surface area contributed by atoms with Crippen LogP contribution in [0.25, 0.3) is 11.0 Å². The minimum absolute atomic E-state index is 1.00. The maximum Gasteiger partial charge on any atom is 0.134 e. The molecule has 0 saturated heterocycles. The van der Waals surface area contributed by atoms with Crippen molar-refractivity contribution < 1.29 is 4.42 Å². The van der Waals surface area contributed by atoms with Crippen molar-refractivity contribution in [3.8, 4) is 0 Å². The number of benzene rings is 1. The molecule has 0 aliphatic heterocycles. The van der Waals surface area contributed by atoms with Gasteiger partial charge in [-0.05, 0) is 43.5 Å². The fraction of sp³-hybridized carbons (Fsp3) is 0.273. The highest BCUT2D eigenvalue weighted by atomic mass is 16.3. The molecule has 0 fully saturated rings. The molecule has 1 aromatic heterocycles. The van der Waals surface area contributed by atoms with Crippen molar-refractivity contribution in [2.75, 3.05) is 0 Å². The summed E-state index contributed by atoms with van der Waals surface area (Å²) >= 11 is 0. The molecule has 0 aliphatic carbocycles. The Kier molecular flexibility index (Phi) is 1.47. The van der Waals surface area contributed by atoms with Crippen LogP contribution in [-0.4, -0.2) is 0 Å². The minimum Gasteiger partial charge on any atom is -0.464 e. The predicted octanol–water partition coefficient (Wildman–Crippen LogP) is 3.36. The van der Waals surface area contributed by atoms with Crippen LogP contribution >= 0.6 is 0 Å². The van der Waals surface area contributed by atoms with Crippen molar-refractivity contribution in [3.05, 3.63) is 35.1 Å². The lowest BCUT2D eigenvalue weighted by atomic mass is 10.1. The van der Waals surface area contributed by atoms with E-state index in [1.54, 1.807) is 0 Å². The van der Waals surface area contributed by atoms with E-state index in [9.17, 15) is 0 Å². The molecule has 1 aromatic carbocycles. The van der Waals surface area contributed by atoms with Gasteiger partial charge in [0.05, 0.1) is 6.26 Å². The molecule has 2 aromatic rings. The molecule has 0 amide bonds. The lowest BCUT2D eigenvalue weighted by Crippen LogP contribution is -1.78. The van der Waals surface area contributed by atoms with Gasteiger partial charge in [0.25, 0.3) is 0 Å². The first kappa shape index (κ1) is 7.41. The minimum atomic E-state index is 1.00. The van der Waals surface area contributed by atoms with Crippen LogP contribution in [0.2, 0.25) is 0 Å². The van der Waals surface area contributed by atoms with E-state index in [1.165, 1.54) is 22.1 Å². The number of rotatable bonds is 0. The summed E-state index contributed by atoms with van der Waals surface area (Å²) in [6, 6.07) is 4.26. The molecule has 0 unspecified atom stereocenters. The highest BCUT2D eigenvalue weighted by Gasteiger charge is 2.04. The fourth-order valence-corrected chi connectivity index (χ4v) is 1.74. The summed E-state index contributed by atoms with van der Waals surface area (Å²) in [4.78, 5) is 0. The van der Waals surface area contributed by atoms with E-state index in [2.05, 4.69) is 32.9 Å². The molecule has 0 aliphatic rings. The van der Waals surface area contributed by atoms with Gasteiger partial charge in [-0.3, -0.25) is 0 Å². The third-order valence-corrected chi connectivity index (χ3v) is 2.20. The maximum absolute atomic E-state index is 5.41. The standard InChI is InChI=1S/C11H12O/c1-7-4-8(2)11-9(3)6-12-10(11)5-7/h4-6H,1-3H3. The zero-order valence-corrected chi connectivity index (χ0v) is 7.64. The summed E-state index contributed by atoms with van der Waals surface area (Å²) in [5, 5.41) is 1.26. The monoisotopic (exact) mass is 160 g/mol. The molecule has 0 spiro atoms. The van der Waals surface area contributed by atoms with Crippen molar-refractivity contribution in [1.82, 2.24) is 0 Å². The molecule has 0 atom stereocenters. The zero-order chi connectivity index (χ0) is 8.72. The first-order valence-electron chi connectivity index (χ1n) is 4.13. The Balaban J connectivity index is 2.93. The Morgan fingerprint density at radius 3 is 2.50 bits per heavy atom. The molecule has 12 heavy (non-hydrogen) atoms. The molecular weight excluding hydrogens is 148 g/mol. The molecule has 2 rings (SSSR count). The van der Waals surface area contributed by atoms with Crippen LogP contribution in [0.1, 0.15) is 16.7 Å². The number of furan rings is 1. The first-order chi connectivity index (χ1) is 5.68. The van der Waals surface area contributed by atoms with Gasteiger partial charge in [0.1, 0.15) is 5.58 Å². The molecule has 0 N–H and O–H groups in total. The third-order valence-electron chi connectivity index (χ3n) is 2.20. The lowest BCUT2D eigenvalue weighted by molar-refractivity contribution is 0.612. The van der Waals surface area contributed by atoms with Crippen LogP contribution in [0.4, 0.5) is 0 Å². The Bertz CT molecular complexity index is 424. The zero-order valence-electron chi connectivity index (χ0n) is 7.64. The number of hydrogen-bond acceptors (Lipinski definition) is 1. The van der Waals surface area contributed by atoms with Crippen molar-refractivity contribution in [2.45, 2.75) is 20.8 Å². The molecule has 1 heteroatoms. The summed E-state index contributed by atoms with van der Waals surface area (Å²) in [5.41, 5.74) is 4.79. The van der Waals surface area contributed by atoms with Gasteiger partial charge in [-0.15, -0.1) is 0 Å². The number of fused-ring (bicyclic) bond motifs is 1. The maximum atomic E-state index is 5.41. The van der Waals surface area contributed by atoms with E-state index in [0.717, 1.165) is 5.58 Å². The van der Waals surface area contributed by atoms with Gasteiger partial charge in [-0.1, -0.05) is 6.07 Å². The van der Waals surface area contributed by atoms with E-state index in [-0.39, 0.29) is 0 Å². The average Bonchev–Trinajstić information content (AvgIpc) is 2.31. The molecule has 0 bridgehead atoms. The molecule has 0 radical (unpaired) electrons. The lowest BCUT2D eigenvalue weighted by Gasteiger charge is -1.98. The van der Waals surface area contributed by atoms with Crippen molar-refractivity contribution in [2.24, 2.45) is 0 Å². The van der Waals surface area contributed by atoms with Gasteiger partial charge < -0.3 is 4.42 Å². The van der Waals surface area contributed by atoms with Crippen LogP contribution in [0.15, 0.2) is 22.8 Å². The van der Waals surface area contributed by atoms with Gasteiger partial charge in [-0.2, -0.15) is 0 Å².